The minimum absolute atomic E-state index is 0.287. The molecule has 11 nitrogen and oxygen atoms in total. The Morgan fingerprint density at radius 2 is 1.96 bits per heavy atom. The van der Waals surface area contributed by atoms with Gasteiger partial charge in [0.15, 0.2) is 0 Å². The quantitative estimate of drug-likeness (QED) is 0.256. The van der Waals surface area contributed by atoms with Crippen LogP contribution in [-0.2, 0) is 19.2 Å². The Balaban J connectivity index is 2.77. The Labute approximate surface area is 144 Å². The van der Waals surface area contributed by atoms with Crippen LogP contribution in [0.4, 0.5) is 0 Å². The highest BCUT2D eigenvalue weighted by Gasteiger charge is 2.38. The first-order chi connectivity index (χ1) is 11.7. The van der Waals surface area contributed by atoms with Crippen molar-refractivity contribution in [3.63, 3.8) is 0 Å². The third-order valence-electron chi connectivity index (χ3n) is 3.83. The van der Waals surface area contributed by atoms with Gasteiger partial charge in [-0.1, -0.05) is 0 Å². The van der Waals surface area contributed by atoms with Crippen LogP contribution in [0.3, 0.4) is 0 Å². The Morgan fingerprint density at radius 3 is 2.48 bits per heavy atom. The van der Waals surface area contributed by atoms with Gasteiger partial charge in [0.1, 0.15) is 24.7 Å². The summed E-state index contributed by atoms with van der Waals surface area (Å²) in [5.74, 6) is -3.36. The minimum atomic E-state index is -1.36. The van der Waals surface area contributed by atoms with Crippen LogP contribution in [0.2, 0.25) is 0 Å². The molecule has 11 heteroatoms. The van der Waals surface area contributed by atoms with Gasteiger partial charge in [0.25, 0.3) is 0 Å². The van der Waals surface area contributed by atoms with Crippen LogP contribution in [0, 0.1) is 0 Å². The van der Waals surface area contributed by atoms with Crippen molar-refractivity contribution < 1.29 is 34.5 Å². The monoisotopic (exact) mass is 360 g/mol. The lowest BCUT2D eigenvalue weighted by Crippen LogP contribution is -2.58. The number of aliphatic hydroxyl groups excluding tert-OH is 2. The minimum Gasteiger partial charge on any atom is -0.480 e. The van der Waals surface area contributed by atoms with Crippen molar-refractivity contribution in [1.82, 2.24) is 15.5 Å². The van der Waals surface area contributed by atoms with Crippen LogP contribution in [-0.4, -0.2) is 87.8 Å². The molecule has 3 amide bonds. The predicted octanol–water partition coefficient (Wildman–Crippen LogP) is -3.64. The molecule has 0 radical (unpaired) electrons. The molecule has 0 aromatic heterocycles. The van der Waals surface area contributed by atoms with Crippen LogP contribution in [0.1, 0.15) is 19.8 Å². The summed E-state index contributed by atoms with van der Waals surface area (Å²) in [6, 6.07) is -3.38. The Kier molecular flexibility index (Phi) is 7.74. The van der Waals surface area contributed by atoms with E-state index in [-0.39, 0.29) is 6.54 Å². The summed E-state index contributed by atoms with van der Waals surface area (Å²) >= 11 is 0. The van der Waals surface area contributed by atoms with Crippen molar-refractivity contribution in [3.8, 4) is 0 Å². The van der Waals surface area contributed by atoms with Crippen LogP contribution < -0.4 is 16.4 Å². The maximum absolute atomic E-state index is 12.4. The molecule has 4 atom stereocenters. The molecule has 142 valence electrons. The van der Waals surface area contributed by atoms with E-state index < -0.39 is 61.1 Å². The van der Waals surface area contributed by atoms with Crippen LogP contribution >= 0.6 is 0 Å². The molecule has 7 N–H and O–H groups in total. The number of carboxylic acids is 1. The maximum atomic E-state index is 12.4. The number of hydrogen-bond acceptors (Lipinski definition) is 7. The van der Waals surface area contributed by atoms with Crippen molar-refractivity contribution in [2.24, 2.45) is 5.73 Å². The molecule has 0 saturated carbocycles. The van der Waals surface area contributed by atoms with Gasteiger partial charge in [0.2, 0.25) is 17.7 Å². The van der Waals surface area contributed by atoms with E-state index in [0.717, 1.165) is 0 Å². The molecule has 1 aliphatic rings. The normalized spacial score (nSPS) is 20.5. The smallest absolute Gasteiger partial charge is 0.322 e. The molecule has 4 unspecified atom stereocenters. The van der Waals surface area contributed by atoms with Gasteiger partial charge in [-0.25, -0.2) is 0 Å². The summed E-state index contributed by atoms with van der Waals surface area (Å²) in [5.41, 5.74) is 5.49. The zero-order valence-electron chi connectivity index (χ0n) is 13.8. The van der Waals surface area contributed by atoms with E-state index in [0.29, 0.717) is 12.8 Å². The lowest BCUT2D eigenvalue weighted by atomic mass is 10.1. The molecule has 1 fully saturated rings. The Bertz CT molecular complexity index is 525. The first kappa shape index (κ1) is 20.8. The van der Waals surface area contributed by atoms with E-state index in [1.54, 1.807) is 0 Å². The average molecular weight is 360 g/mol. The summed E-state index contributed by atoms with van der Waals surface area (Å²) in [4.78, 5) is 48.2. The van der Waals surface area contributed by atoms with Crippen molar-refractivity contribution >= 4 is 23.7 Å². The van der Waals surface area contributed by atoms with Gasteiger partial charge in [-0.2, -0.15) is 0 Å². The first-order valence-corrected chi connectivity index (χ1v) is 7.83. The van der Waals surface area contributed by atoms with E-state index in [4.69, 9.17) is 15.9 Å². The fraction of sp³-hybridized carbons (Fsp3) is 0.714. The summed E-state index contributed by atoms with van der Waals surface area (Å²) in [5, 5.41) is 31.6. The Morgan fingerprint density at radius 1 is 1.32 bits per heavy atom. The summed E-state index contributed by atoms with van der Waals surface area (Å²) in [7, 11) is 0. The standard InChI is InChI=1S/C14H24N4O7/c1-7(20)11(13(24)16-5-10(21)22)17-12(23)9-3-2-4-18(9)14(25)8(15)6-19/h7-9,11,19-20H,2-6,15H2,1H3,(H,16,24)(H,17,23)(H,21,22). The molecule has 1 heterocycles. The zero-order valence-corrected chi connectivity index (χ0v) is 13.8. The van der Waals surface area contributed by atoms with E-state index in [1.807, 2.05) is 0 Å². The number of nitrogens with two attached hydrogens (primary N) is 1. The second kappa shape index (κ2) is 9.30. The molecule has 0 aromatic carbocycles. The van der Waals surface area contributed by atoms with Gasteiger partial charge >= 0.3 is 5.97 Å². The lowest BCUT2D eigenvalue weighted by molar-refractivity contribution is -0.142. The average Bonchev–Trinajstić information content (AvgIpc) is 3.05. The van der Waals surface area contributed by atoms with Gasteiger partial charge < -0.3 is 36.6 Å². The fourth-order valence-electron chi connectivity index (χ4n) is 2.52. The number of carboxylic acid groups (broad SMARTS) is 1. The SMILES string of the molecule is CC(O)C(NC(=O)C1CCCN1C(=O)C(N)CO)C(=O)NCC(=O)O. The summed E-state index contributed by atoms with van der Waals surface area (Å²) in [6.45, 7) is 0.342. The molecule has 0 aliphatic carbocycles. The fourth-order valence-corrected chi connectivity index (χ4v) is 2.52. The molecular formula is C14H24N4O7. The lowest BCUT2D eigenvalue weighted by Gasteiger charge is -2.28. The highest BCUT2D eigenvalue weighted by atomic mass is 16.4. The maximum Gasteiger partial charge on any atom is 0.322 e. The highest BCUT2D eigenvalue weighted by molar-refractivity contribution is 5.94. The third-order valence-corrected chi connectivity index (χ3v) is 3.83. The van der Waals surface area contributed by atoms with Crippen molar-refractivity contribution in [1.29, 1.82) is 0 Å². The van der Waals surface area contributed by atoms with Crippen LogP contribution in [0.15, 0.2) is 0 Å². The first-order valence-electron chi connectivity index (χ1n) is 7.83. The van der Waals surface area contributed by atoms with Crippen LogP contribution in [0.5, 0.6) is 0 Å². The number of carbonyl (C=O) groups excluding carboxylic acids is 3. The second-order valence-corrected chi connectivity index (χ2v) is 5.82. The van der Waals surface area contributed by atoms with E-state index in [1.165, 1.54) is 11.8 Å². The number of likely N-dealkylation sites (tertiary alicyclic amines) is 1. The molecule has 0 bridgehead atoms. The number of nitrogens with one attached hydrogen (secondary N) is 2. The van der Waals surface area contributed by atoms with Gasteiger partial charge in [0, 0.05) is 6.54 Å². The van der Waals surface area contributed by atoms with Crippen molar-refractivity contribution in [3.05, 3.63) is 0 Å². The number of hydrogen-bond donors (Lipinski definition) is 6. The zero-order chi connectivity index (χ0) is 19.1. The third kappa shape index (κ3) is 5.66. The number of nitrogens with zero attached hydrogens (tertiary/aromatic N) is 1. The van der Waals surface area contributed by atoms with Crippen molar-refractivity contribution in [2.45, 2.75) is 44.0 Å². The number of carbonyl (C=O) groups is 4. The molecule has 0 spiro atoms. The Hall–Kier alpha value is -2.24. The number of aliphatic carboxylic acids is 1. The predicted molar refractivity (Wildman–Crippen MR) is 84.1 cm³/mol. The molecule has 25 heavy (non-hydrogen) atoms. The van der Waals surface area contributed by atoms with Gasteiger partial charge in [-0.05, 0) is 19.8 Å². The van der Waals surface area contributed by atoms with Gasteiger partial charge in [-0.15, -0.1) is 0 Å². The van der Waals surface area contributed by atoms with Gasteiger partial charge in [0.05, 0.1) is 12.7 Å². The topological polar surface area (TPSA) is 182 Å². The van der Waals surface area contributed by atoms with Crippen LogP contribution in [0.25, 0.3) is 0 Å². The molecule has 1 aliphatic heterocycles. The summed E-state index contributed by atoms with van der Waals surface area (Å²) in [6.07, 6.45) is -0.381. The molecule has 1 rings (SSSR count). The highest BCUT2D eigenvalue weighted by Crippen LogP contribution is 2.18. The second-order valence-electron chi connectivity index (χ2n) is 5.82. The molecular weight excluding hydrogens is 336 g/mol. The summed E-state index contributed by atoms with van der Waals surface area (Å²) < 4.78 is 0. The number of aliphatic hydroxyl groups is 2. The number of rotatable bonds is 8. The molecule has 0 aromatic rings. The van der Waals surface area contributed by atoms with Gasteiger partial charge in [-0.3, -0.25) is 19.2 Å². The van der Waals surface area contributed by atoms with Crippen molar-refractivity contribution in [2.75, 3.05) is 19.7 Å². The molecule has 1 saturated heterocycles. The van der Waals surface area contributed by atoms with E-state index >= 15 is 0 Å². The van der Waals surface area contributed by atoms with E-state index in [2.05, 4.69) is 10.6 Å². The van der Waals surface area contributed by atoms with E-state index in [9.17, 15) is 24.3 Å². The largest absolute Gasteiger partial charge is 0.480 e. The number of amides is 3.